The van der Waals surface area contributed by atoms with Gasteiger partial charge in [0, 0.05) is 11.6 Å². The van der Waals surface area contributed by atoms with Crippen LogP contribution in [-0.2, 0) is 6.54 Å². The molecule has 3 aromatic rings. The van der Waals surface area contributed by atoms with Gasteiger partial charge in [-0.15, -0.1) is 0 Å². The molecule has 0 aliphatic rings. The van der Waals surface area contributed by atoms with E-state index in [0.717, 1.165) is 16.9 Å². The monoisotopic (exact) mass is 350 g/mol. The first-order valence-corrected chi connectivity index (χ1v) is 8.04. The molecule has 3 rings (SSSR count). The highest BCUT2D eigenvalue weighted by molar-refractivity contribution is 6.30. The van der Waals surface area contributed by atoms with Crippen LogP contribution in [0.5, 0.6) is 0 Å². The second-order valence-electron chi connectivity index (χ2n) is 5.53. The molecule has 0 radical (unpaired) electrons. The fourth-order valence-electron chi connectivity index (χ4n) is 2.48. The third kappa shape index (κ3) is 3.70. The number of nitrogens with zero attached hydrogens (tertiary/aromatic N) is 3. The van der Waals surface area contributed by atoms with Crippen molar-refractivity contribution in [3.63, 3.8) is 0 Å². The Bertz CT molecular complexity index is 954. The summed E-state index contributed by atoms with van der Waals surface area (Å²) in [6.07, 6.45) is 1.55. The van der Waals surface area contributed by atoms with Crippen molar-refractivity contribution >= 4 is 17.5 Å². The first-order valence-electron chi connectivity index (χ1n) is 7.66. The van der Waals surface area contributed by atoms with Crippen molar-refractivity contribution in [2.75, 3.05) is 0 Å². The molecule has 0 fully saturated rings. The highest BCUT2D eigenvalue weighted by Crippen LogP contribution is 2.18. The summed E-state index contributed by atoms with van der Waals surface area (Å²) < 4.78 is 1.68. The zero-order valence-electron chi connectivity index (χ0n) is 13.5. The van der Waals surface area contributed by atoms with Gasteiger partial charge in [0.2, 0.25) is 0 Å². The quantitative estimate of drug-likeness (QED) is 0.781. The number of carbonyl (C=O) groups is 1. The maximum atomic E-state index is 12.4. The lowest BCUT2D eigenvalue weighted by Crippen LogP contribution is -2.23. The average molecular weight is 351 g/mol. The second kappa shape index (κ2) is 7.20. The van der Waals surface area contributed by atoms with Crippen molar-refractivity contribution < 1.29 is 4.79 Å². The summed E-state index contributed by atoms with van der Waals surface area (Å²) in [7, 11) is 0. The third-order valence-electron chi connectivity index (χ3n) is 3.84. The predicted molar refractivity (Wildman–Crippen MR) is 95.6 cm³/mol. The van der Waals surface area contributed by atoms with E-state index >= 15 is 0 Å². The van der Waals surface area contributed by atoms with Gasteiger partial charge >= 0.3 is 0 Å². The zero-order valence-corrected chi connectivity index (χ0v) is 14.3. The third-order valence-corrected chi connectivity index (χ3v) is 4.08. The zero-order chi connectivity index (χ0) is 17.8. The molecule has 0 saturated carbocycles. The summed E-state index contributed by atoms with van der Waals surface area (Å²) in [5, 5.41) is 16.6. The Labute approximate surface area is 150 Å². The molecule has 25 heavy (non-hydrogen) atoms. The number of carbonyl (C=O) groups excluding carboxylic acids is 1. The molecule has 124 valence electrons. The SMILES string of the molecule is Cc1c(C(=O)NCc2ccc(C#N)cc2)cnn1-c1cccc(Cl)c1. The summed E-state index contributed by atoms with van der Waals surface area (Å²) in [4.78, 5) is 12.4. The van der Waals surface area contributed by atoms with E-state index in [9.17, 15) is 4.79 Å². The van der Waals surface area contributed by atoms with E-state index < -0.39 is 0 Å². The van der Waals surface area contributed by atoms with Crippen LogP contribution in [-0.4, -0.2) is 15.7 Å². The number of nitriles is 1. The number of hydrogen-bond acceptors (Lipinski definition) is 3. The fraction of sp³-hybridized carbons (Fsp3) is 0.105. The Morgan fingerprint density at radius 2 is 2.04 bits per heavy atom. The van der Waals surface area contributed by atoms with Crippen molar-refractivity contribution in [2.24, 2.45) is 0 Å². The highest BCUT2D eigenvalue weighted by atomic mass is 35.5. The number of benzene rings is 2. The van der Waals surface area contributed by atoms with Crippen LogP contribution < -0.4 is 5.32 Å². The highest BCUT2D eigenvalue weighted by Gasteiger charge is 2.15. The van der Waals surface area contributed by atoms with Crippen LogP contribution in [0.4, 0.5) is 0 Å². The lowest BCUT2D eigenvalue weighted by atomic mass is 10.1. The largest absolute Gasteiger partial charge is 0.348 e. The van der Waals surface area contributed by atoms with Crippen molar-refractivity contribution in [3.05, 3.63) is 82.1 Å². The van der Waals surface area contributed by atoms with E-state index in [1.54, 1.807) is 35.1 Å². The minimum absolute atomic E-state index is 0.199. The van der Waals surface area contributed by atoms with E-state index in [1.165, 1.54) is 0 Å². The molecule has 0 aliphatic carbocycles. The minimum Gasteiger partial charge on any atom is -0.348 e. The molecule has 1 heterocycles. The van der Waals surface area contributed by atoms with Gasteiger partial charge in [0.05, 0.1) is 34.8 Å². The molecule has 1 N–H and O–H groups in total. The summed E-state index contributed by atoms with van der Waals surface area (Å²) >= 11 is 6.02. The summed E-state index contributed by atoms with van der Waals surface area (Å²) in [5.74, 6) is -0.199. The molecular formula is C19H15ClN4O. The Hall–Kier alpha value is -3.10. The summed E-state index contributed by atoms with van der Waals surface area (Å²) in [6.45, 7) is 2.22. The molecule has 2 aromatic carbocycles. The summed E-state index contributed by atoms with van der Waals surface area (Å²) in [5.41, 5.74) is 3.56. The Morgan fingerprint density at radius 3 is 2.72 bits per heavy atom. The van der Waals surface area contributed by atoms with E-state index in [-0.39, 0.29) is 5.91 Å². The van der Waals surface area contributed by atoms with E-state index in [2.05, 4.69) is 16.5 Å². The lowest BCUT2D eigenvalue weighted by molar-refractivity contribution is 0.0950. The number of rotatable bonds is 4. The van der Waals surface area contributed by atoms with E-state index in [1.807, 2.05) is 31.2 Å². The topological polar surface area (TPSA) is 70.7 Å². The maximum Gasteiger partial charge on any atom is 0.255 e. The predicted octanol–water partition coefficient (Wildman–Crippen LogP) is 3.64. The van der Waals surface area contributed by atoms with E-state index in [4.69, 9.17) is 16.9 Å². The molecule has 0 atom stereocenters. The van der Waals surface area contributed by atoms with Gasteiger partial charge in [-0.05, 0) is 42.8 Å². The Kier molecular flexibility index (Phi) is 4.82. The average Bonchev–Trinajstić information content (AvgIpc) is 3.01. The molecule has 0 aliphatic heterocycles. The van der Waals surface area contributed by atoms with Gasteiger partial charge in [-0.1, -0.05) is 29.8 Å². The van der Waals surface area contributed by atoms with Crippen LogP contribution in [0.2, 0.25) is 5.02 Å². The molecule has 1 amide bonds. The first-order chi connectivity index (χ1) is 12.1. The van der Waals surface area contributed by atoms with Gasteiger partial charge in [-0.2, -0.15) is 10.4 Å². The molecule has 6 heteroatoms. The van der Waals surface area contributed by atoms with Crippen LogP contribution in [0, 0.1) is 18.3 Å². The van der Waals surface area contributed by atoms with Crippen LogP contribution in [0.25, 0.3) is 5.69 Å². The Balaban J connectivity index is 1.73. The van der Waals surface area contributed by atoms with Crippen molar-refractivity contribution in [1.82, 2.24) is 15.1 Å². The molecule has 0 bridgehead atoms. The number of nitrogens with one attached hydrogen (secondary N) is 1. The maximum absolute atomic E-state index is 12.4. The minimum atomic E-state index is -0.199. The van der Waals surface area contributed by atoms with E-state index in [0.29, 0.717) is 22.7 Å². The fourth-order valence-corrected chi connectivity index (χ4v) is 2.66. The summed E-state index contributed by atoms with van der Waals surface area (Å²) in [6, 6.07) is 16.5. The van der Waals surface area contributed by atoms with Gasteiger partial charge in [0.25, 0.3) is 5.91 Å². The second-order valence-corrected chi connectivity index (χ2v) is 5.96. The molecule has 5 nitrogen and oxygen atoms in total. The first kappa shape index (κ1) is 16.7. The number of amides is 1. The smallest absolute Gasteiger partial charge is 0.255 e. The standard InChI is InChI=1S/C19H15ClN4O/c1-13-18(12-23-24(13)17-4-2-3-16(20)9-17)19(25)22-11-15-7-5-14(10-21)6-8-15/h2-9,12H,11H2,1H3,(H,22,25). The van der Waals surface area contributed by atoms with Crippen LogP contribution >= 0.6 is 11.6 Å². The molecule has 1 aromatic heterocycles. The van der Waals surface area contributed by atoms with Crippen molar-refractivity contribution in [1.29, 1.82) is 5.26 Å². The molecular weight excluding hydrogens is 336 g/mol. The van der Waals surface area contributed by atoms with Gasteiger partial charge in [-0.25, -0.2) is 4.68 Å². The molecule has 0 spiro atoms. The normalized spacial score (nSPS) is 10.3. The number of halogens is 1. The van der Waals surface area contributed by atoms with Crippen LogP contribution in [0.3, 0.4) is 0 Å². The number of hydrogen-bond donors (Lipinski definition) is 1. The van der Waals surface area contributed by atoms with Crippen molar-refractivity contribution in [2.45, 2.75) is 13.5 Å². The molecule has 0 unspecified atom stereocenters. The lowest BCUT2D eigenvalue weighted by Gasteiger charge is -2.07. The van der Waals surface area contributed by atoms with Crippen LogP contribution in [0.1, 0.15) is 27.2 Å². The van der Waals surface area contributed by atoms with Gasteiger partial charge in [0.15, 0.2) is 0 Å². The van der Waals surface area contributed by atoms with Crippen LogP contribution in [0.15, 0.2) is 54.7 Å². The van der Waals surface area contributed by atoms with Crippen molar-refractivity contribution in [3.8, 4) is 11.8 Å². The van der Waals surface area contributed by atoms with Gasteiger partial charge in [0.1, 0.15) is 0 Å². The van der Waals surface area contributed by atoms with Gasteiger partial charge in [-0.3, -0.25) is 4.79 Å². The number of aromatic nitrogens is 2. The van der Waals surface area contributed by atoms with Gasteiger partial charge < -0.3 is 5.32 Å². The Morgan fingerprint density at radius 1 is 1.28 bits per heavy atom. The molecule has 0 saturated heterocycles.